The number of ether oxygens (including phenoxy) is 1. The lowest BCUT2D eigenvalue weighted by molar-refractivity contribution is -0.0336. The molecular weight excluding hydrogens is 539 g/mol. The van der Waals surface area contributed by atoms with Gasteiger partial charge in [0.25, 0.3) is 0 Å². The molecule has 2 atom stereocenters. The van der Waals surface area contributed by atoms with Gasteiger partial charge in [0.1, 0.15) is 0 Å². The van der Waals surface area contributed by atoms with Crippen LogP contribution in [0.1, 0.15) is 35.6 Å². The maximum atomic E-state index is 6.54. The molecule has 1 N–H and O–H groups in total. The molecule has 1 saturated heterocycles. The van der Waals surface area contributed by atoms with Crippen LogP contribution in [0.2, 0.25) is 0 Å². The molecule has 4 rings (SSSR count). The Kier molecular flexibility index (Phi) is 10.4. The average molecular weight is 567 g/mol. The summed E-state index contributed by atoms with van der Waals surface area (Å²) in [7, 11) is 0. The van der Waals surface area contributed by atoms with Gasteiger partial charge in [-0.3, -0.25) is 4.90 Å². The van der Waals surface area contributed by atoms with E-state index in [4.69, 9.17) is 4.74 Å². The molecule has 29 heavy (non-hydrogen) atoms. The van der Waals surface area contributed by atoms with E-state index in [1.807, 2.05) is 0 Å². The summed E-state index contributed by atoms with van der Waals surface area (Å²) in [5.41, 5.74) is 4.15. The zero-order valence-corrected chi connectivity index (χ0v) is 21.1. The van der Waals surface area contributed by atoms with Gasteiger partial charge in [0.2, 0.25) is 0 Å². The van der Waals surface area contributed by atoms with Crippen molar-refractivity contribution in [3.63, 3.8) is 0 Å². The van der Waals surface area contributed by atoms with E-state index in [1.54, 1.807) is 0 Å². The molecule has 0 amide bonds. The lowest BCUT2D eigenvalue weighted by Crippen LogP contribution is -2.42. The predicted octanol–water partition coefficient (Wildman–Crippen LogP) is 5.92. The van der Waals surface area contributed by atoms with Crippen molar-refractivity contribution in [1.29, 1.82) is 0 Å². The van der Waals surface area contributed by atoms with Crippen molar-refractivity contribution >= 4 is 56.7 Å². The summed E-state index contributed by atoms with van der Waals surface area (Å²) in [5, 5.41) is 3.53. The second kappa shape index (κ2) is 12.0. The van der Waals surface area contributed by atoms with Crippen LogP contribution in [0, 0.1) is 0 Å². The van der Waals surface area contributed by atoms with E-state index < -0.39 is 0 Å². The fourth-order valence-electron chi connectivity index (χ4n) is 4.35. The van der Waals surface area contributed by atoms with E-state index in [0.717, 1.165) is 48.0 Å². The van der Waals surface area contributed by atoms with Crippen LogP contribution in [-0.2, 0) is 17.8 Å². The summed E-state index contributed by atoms with van der Waals surface area (Å²) in [6.07, 6.45) is 3.62. The highest BCUT2D eigenvalue weighted by atomic mass is 79.9. The maximum Gasteiger partial charge on any atom is 0.0779 e. The Morgan fingerprint density at radius 3 is 2.55 bits per heavy atom. The highest BCUT2D eigenvalue weighted by Gasteiger charge is 2.34. The lowest BCUT2D eigenvalue weighted by atomic mass is 9.84. The first kappa shape index (κ1) is 25.1. The van der Waals surface area contributed by atoms with Crippen molar-refractivity contribution in [3.8, 4) is 0 Å². The summed E-state index contributed by atoms with van der Waals surface area (Å²) in [6, 6.07) is 15.6. The number of benzene rings is 2. The second-order valence-corrected chi connectivity index (χ2v) is 9.28. The molecule has 0 bridgehead atoms. The number of rotatable bonds is 4. The molecule has 2 aromatic rings. The van der Waals surface area contributed by atoms with Gasteiger partial charge < -0.3 is 10.1 Å². The van der Waals surface area contributed by atoms with Gasteiger partial charge in [0.05, 0.1) is 18.8 Å². The van der Waals surface area contributed by atoms with Crippen LogP contribution in [0.5, 0.6) is 0 Å². The molecule has 0 spiro atoms. The fraction of sp³-hybridized carbons (Fsp3) is 0.455. The lowest BCUT2D eigenvalue weighted by Gasteiger charge is -2.40. The minimum Gasteiger partial charge on any atom is -0.372 e. The van der Waals surface area contributed by atoms with E-state index in [-0.39, 0.29) is 30.9 Å². The Morgan fingerprint density at radius 1 is 1.00 bits per heavy atom. The van der Waals surface area contributed by atoms with Crippen molar-refractivity contribution in [2.24, 2.45) is 0 Å². The second-order valence-electron chi connectivity index (χ2n) is 7.45. The van der Waals surface area contributed by atoms with Crippen LogP contribution >= 0.6 is 56.7 Å². The third-order valence-electron chi connectivity index (χ3n) is 5.58. The van der Waals surface area contributed by atoms with Gasteiger partial charge in [-0.15, -0.1) is 24.8 Å². The Labute approximate surface area is 203 Å². The zero-order chi connectivity index (χ0) is 18.6. The van der Waals surface area contributed by atoms with Crippen LogP contribution in [-0.4, -0.2) is 37.2 Å². The maximum absolute atomic E-state index is 6.54. The summed E-state index contributed by atoms with van der Waals surface area (Å²) in [6.45, 7) is 5.04. The SMILES string of the molecule is Brc1cc(Br)cc(COC2CCc3ccccc3C2N2CCCNCC2)c1.Cl.Cl. The summed E-state index contributed by atoms with van der Waals surface area (Å²) >= 11 is 7.17. The minimum atomic E-state index is 0. The third-order valence-corrected chi connectivity index (χ3v) is 6.49. The molecule has 1 fully saturated rings. The van der Waals surface area contributed by atoms with Crippen molar-refractivity contribution in [2.75, 3.05) is 26.2 Å². The van der Waals surface area contributed by atoms with E-state index in [9.17, 15) is 0 Å². The summed E-state index contributed by atoms with van der Waals surface area (Å²) < 4.78 is 8.70. The smallest absolute Gasteiger partial charge is 0.0779 e. The third kappa shape index (κ3) is 6.42. The summed E-state index contributed by atoms with van der Waals surface area (Å²) in [5.74, 6) is 0. The standard InChI is InChI=1S/C22H26Br2N2O.2ClH/c23-18-12-16(13-19(24)14-18)15-27-21-7-6-17-4-1-2-5-20(17)22(21)26-10-3-8-25-9-11-26;;/h1-2,4-5,12-14,21-22,25H,3,6-11,15H2;2*1H. The molecule has 1 aliphatic heterocycles. The van der Waals surface area contributed by atoms with Gasteiger partial charge in [-0.1, -0.05) is 56.1 Å². The number of nitrogens with zero attached hydrogens (tertiary/aromatic N) is 1. The number of halogens is 4. The molecule has 2 unspecified atom stereocenters. The number of nitrogens with one attached hydrogen (secondary N) is 1. The quantitative estimate of drug-likeness (QED) is 0.497. The first-order valence-corrected chi connectivity index (χ1v) is 11.4. The highest BCUT2D eigenvalue weighted by molar-refractivity contribution is 9.11. The average Bonchev–Trinajstić information content (AvgIpc) is 2.94. The molecule has 1 heterocycles. The normalized spacial score (nSPS) is 22.0. The van der Waals surface area contributed by atoms with E-state index >= 15 is 0 Å². The molecule has 1 aliphatic carbocycles. The van der Waals surface area contributed by atoms with Gasteiger partial charge in [0, 0.05) is 28.6 Å². The minimum absolute atomic E-state index is 0. The van der Waals surface area contributed by atoms with Crippen LogP contribution < -0.4 is 5.32 Å². The van der Waals surface area contributed by atoms with Crippen LogP contribution in [0.25, 0.3) is 0 Å². The highest BCUT2D eigenvalue weighted by Crippen LogP contribution is 2.37. The Hall–Kier alpha value is -0.140. The van der Waals surface area contributed by atoms with E-state index in [1.165, 1.54) is 23.1 Å². The van der Waals surface area contributed by atoms with Gasteiger partial charge in [0.15, 0.2) is 0 Å². The first-order chi connectivity index (χ1) is 13.2. The number of fused-ring (bicyclic) bond motifs is 1. The van der Waals surface area contributed by atoms with Crippen LogP contribution in [0.4, 0.5) is 0 Å². The van der Waals surface area contributed by atoms with Crippen molar-refractivity contribution in [2.45, 2.75) is 38.0 Å². The largest absolute Gasteiger partial charge is 0.372 e. The first-order valence-electron chi connectivity index (χ1n) is 9.80. The molecule has 0 saturated carbocycles. The van der Waals surface area contributed by atoms with Gasteiger partial charge in [-0.2, -0.15) is 0 Å². The van der Waals surface area contributed by atoms with Crippen molar-refractivity contribution in [3.05, 3.63) is 68.1 Å². The van der Waals surface area contributed by atoms with Gasteiger partial charge >= 0.3 is 0 Å². The molecule has 2 aliphatic rings. The van der Waals surface area contributed by atoms with Crippen molar-refractivity contribution in [1.82, 2.24) is 10.2 Å². The topological polar surface area (TPSA) is 24.5 Å². The van der Waals surface area contributed by atoms with Crippen molar-refractivity contribution < 1.29 is 4.74 Å². The molecule has 7 heteroatoms. The molecule has 160 valence electrons. The van der Waals surface area contributed by atoms with Crippen LogP contribution in [0.15, 0.2) is 51.4 Å². The number of hydrogen-bond donors (Lipinski definition) is 1. The Morgan fingerprint density at radius 2 is 1.76 bits per heavy atom. The van der Waals surface area contributed by atoms with Crippen LogP contribution in [0.3, 0.4) is 0 Å². The monoisotopic (exact) mass is 564 g/mol. The molecule has 0 radical (unpaired) electrons. The predicted molar refractivity (Wildman–Crippen MR) is 131 cm³/mol. The summed E-state index contributed by atoms with van der Waals surface area (Å²) in [4.78, 5) is 2.64. The Bertz CT molecular complexity index is 765. The molecule has 0 aromatic heterocycles. The van der Waals surface area contributed by atoms with Gasteiger partial charge in [-0.25, -0.2) is 0 Å². The Balaban J connectivity index is 0.00000150. The zero-order valence-electron chi connectivity index (χ0n) is 16.3. The van der Waals surface area contributed by atoms with Gasteiger partial charge in [-0.05, 0) is 60.7 Å². The number of hydrogen-bond acceptors (Lipinski definition) is 3. The van der Waals surface area contributed by atoms with E-state index in [0.29, 0.717) is 12.6 Å². The molecular formula is C22H28Br2Cl2N2O. The van der Waals surface area contributed by atoms with E-state index in [2.05, 4.69) is 84.5 Å². The fourth-order valence-corrected chi connectivity index (χ4v) is 5.74. The molecule has 3 nitrogen and oxygen atoms in total. The number of aryl methyl sites for hydroxylation is 1. The molecule has 2 aromatic carbocycles.